The second-order valence-electron chi connectivity index (χ2n) is 4.80. The van der Waals surface area contributed by atoms with Crippen LogP contribution in [0.2, 0.25) is 0 Å². The van der Waals surface area contributed by atoms with E-state index in [0.717, 1.165) is 22.4 Å². The van der Waals surface area contributed by atoms with Crippen LogP contribution < -0.4 is 4.90 Å². The lowest BCUT2D eigenvalue weighted by Crippen LogP contribution is -2.08. The third-order valence-electron chi connectivity index (χ3n) is 3.10. The second kappa shape index (κ2) is 5.14. The minimum Gasteiger partial charge on any atom is -0.478 e. The lowest BCUT2D eigenvalue weighted by molar-refractivity contribution is 0.0697. The van der Waals surface area contributed by atoms with E-state index in [9.17, 15) is 9.90 Å². The van der Waals surface area contributed by atoms with Gasteiger partial charge in [0.2, 0.25) is 0 Å². The predicted molar refractivity (Wildman–Crippen MR) is 77.9 cm³/mol. The van der Waals surface area contributed by atoms with Crippen molar-refractivity contribution in [2.75, 3.05) is 19.0 Å². The number of rotatable bonds is 3. The van der Waals surface area contributed by atoms with Crippen LogP contribution >= 0.6 is 0 Å². The maximum absolute atomic E-state index is 11.3. The van der Waals surface area contributed by atoms with Gasteiger partial charge in [-0.1, -0.05) is 29.8 Å². The van der Waals surface area contributed by atoms with Crippen molar-refractivity contribution in [3.05, 3.63) is 53.6 Å². The van der Waals surface area contributed by atoms with E-state index in [0.29, 0.717) is 5.56 Å². The Morgan fingerprint density at radius 3 is 2.21 bits per heavy atom. The first-order valence-corrected chi connectivity index (χ1v) is 6.11. The quantitative estimate of drug-likeness (QED) is 0.913. The average Bonchev–Trinajstić information content (AvgIpc) is 2.38. The maximum atomic E-state index is 11.3. The van der Waals surface area contributed by atoms with Gasteiger partial charge in [-0.3, -0.25) is 0 Å². The van der Waals surface area contributed by atoms with Crippen molar-refractivity contribution >= 4 is 11.7 Å². The van der Waals surface area contributed by atoms with Crippen molar-refractivity contribution in [2.24, 2.45) is 0 Å². The first-order chi connectivity index (χ1) is 8.99. The van der Waals surface area contributed by atoms with Gasteiger partial charge >= 0.3 is 5.97 Å². The average molecular weight is 255 g/mol. The molecule has 98 valence electrons. The summed E-state index contributed by atoms with van der Waals surface area (Å²) < 4.78 is 0. The molecular weight excluding hydrogens is 238 g/mol. The number of aryl methyl sites for hydroxylation is 1. The van der Waals surface area contributed by atoms with E-state index in [1.54, 1.807) is 6.07 Å². The van der Waals surface area contributed by atoms with Gasteiger partial charge in [0.1, 0.15) is 0 Å². The molecule has 2 aromatic rings. The Morgan fingerprint density at radius 1 is 1.05 bits per heavy atom. The van der Waals surface area contributed by atoms with E-state index in [1.165, 1.54) is 0 Å². The normalized spacial score (nSPS) is 10.3. The number of hydrogen-bond acceptors (Lipinski definition) is 2. The zero-order chi connectivity index (χ0) is 14.0. The van der Waals surface area contributed by atoms with Gasteiger partial charge in [-0.05, 0) is 36.2 Å². The fraction of sp³-hybridized carbons (Fsp3) is 0.188. The SMILES string of the molecule is Cc1ccc(C(=O)O)c(-c2ccc(N(C)C)cc2)c1. The maximum Gasteiger partial charge on any atom is 0.336 e. The van der Waals surface area contributed by atoms with E-state index in [4.69, 9.17) is 0 Å². The summed E-state index contributed by atoms with van der Waals surface area (Å²) in [4.78, 5) is 13.3. The molecule has 19 heavy (non-hydrogen) atoms. The van der Waals surface area contributed by atoms with E-state index >= 15 is 0 Å². The summed E-state index contributed by atoms with van der Waals surface area (Å²) >= 11 is 0. The Morgan fingerprint density at radius 2 is 1.68 bits per heavy atom. The number of carboxylic acid groups (broad SMARTS) is 1. The van der Waals surface area contributed by atoms with Crippen molar-refractivity contribution in [1.29, 1.82) is 0 Å². The van der Waals surface area contributed by atoms with Crippen molar-refractivity contribution in [3.8, 4) is 11.1 Å². The minimum atomic E-state index is -0.897. The number of hydrogen-bond donors (Lipinski definition) is 1. The number of carbonyl (C=O) groups is 1. The second-order valence-corrected chi connectivity index (χ2v) is 4.80. The third kappa shape index (κ3) is 2.76. The third-order valence-corrected chi connectivity index (χ3v) is 3.10. The van der Waals surface area contributed by atoms with Gasteiger partial charge in [0.25, 0.3) is 0 Å². The highest BCUT2D eigenvalue weighted by Gasteiger charge is 2.11. The summed E-state index contributed by atoms with van der Waals surface area (Å²) in [7, 11) is 3.95. The summed E-state index contributed by atoms with van der Waals surface area (Å²) in [6.07, 6.45) is 0. The highest BCUT2D eigenvalue weighted by atomic mass is 16.4. The molecule has 0 radical (unpaired) electrons. The molecule has 2 rings (SSSR count). The molecule has 0 bridgehead atoms. The number of aromatic carboxylic acids is 1. The predicted octanol–water partition coefficient (Wildman–Crippen LogP) is 3.43. The van der Waals surface area contributed by atoms with Crippen LogP contribution in [0.5, 0.6) is 0 Å². The van der Waals surface area contributed by atoms with Crippen LogP contribution in [0.4, 0.5) is 5.69 Å². The van der Waals surface area contributed by atoms with Gasteiger partial charge in [-0.15, -0.1) is 0 Å². The molecule has 0 unspecified atom stereocenters. The summed E-state index contributed by atoms with van der Waals surface area (Å²) in [6.45, 7) is 1.96. The monoisotopic (exact) mass is 255 g/mol. The summed E-state index contributed by atoms with van der Waals surface area (Å²) in [5.41, 5.74) is 4.16. The van der Waals surface area contributed by atoms with Gasteiger partial charge in [0, 0.05) is 19.8 Å². The molecule has 0 amide bonds. The van der Waals surface area contributed by atoms with Crippen LogP contribution in [0.25, 0.3) is 11.1 Å². The van der Waals surface area contributed by atoms with Crippen molar-refractivity contribution in [1.82, 2.24) is 0 Å². The van der Waals surface area contributed by atoms with Crippen molar-refractivity contribution in [2.45, 2.75) is 6.92 Å². The molecule has 0 saturated carbocycles. The molecule has 0 atom stereocenters. The number of nitrogens with zero attached hydrogens (tertiary/aromatic N) is 1. The molecular formula is C16H17NO2. The fourth-order valence-electron chi connectivity index (χ4n) is 2.02. The van der Waals surface area contributed by atoms with E-state index in [1.807, 2.05) is 62.3 Å². The van der Waals surface area contributed by atoms with Crippen LogP contribution in [-0.2, 0) is 0 Å². The molecule has 1 N–H and O–H groups in total. The van der Waals surface area contributed by atoms with Gasteiger partial charge in [-0.2, -0.15) is 0 Å². The van der Waals surface area contributed by atoms with Crippen LogP contribution in [0.15, 0.2) is 42.5 Å². The summed E-state index contributed by atoms with van der Waals surface area (Å²) in [6, 6.07) is 13.3. The molecule has 0 heterocycles. The summed E-state index contributed by atoms with van der Waals surface area (Å²) in [5, 5.41) is 9.25. The zero-order valence-corrected chi connectivity index (χ0v) is 11.3. The lowest BCUT2D eigenvalue weighted by Gasteiger charge is -2.13. The standard InChI is InChI=1S/C16H17NO2/c1-11-4-9-14(16(18)19)15(10-11)12-5-7-13(8-6-12)17(2)3/h4-10H,1-3H3,(H,18,19). The van der Waals surface area contributed by atoms with Gasteiger partial charge in [0.15, 0.2) is 0 Å². The lowest BCUT2D eigenvalue weighted by atomic mass is 9.97. The number of benzene rings is 2. The Labute approximate surface area is 113 Å². The Kier molecular flexibility index (Phi) is 3.56. The summed E-state index contributed by atoms with van der Waals surface area (Å²) in [5.74, 6) is -0.897. The fourth-order valence-corrected chi connectivity index (χ4v) is 2.02. The molecule has 2 aromatic carbocycles. The van der Waals surface area contributed by atoms with Crippen LogP contribution in [0.1, 0.15) is 15.9 Å². The van der Waals surface area contributed by atoms with Crippen LogP contribution in [0, 0.1) is 6.92 Å². The van der Waals surface area contributed by atoms with Crippen LogP contribution in [0.3, 0.4) is 0 Å². The molecule has 0 aromatic heterocycles. The molecule has 0 aliphatic rings. The van der Waals surface area contributed by atoms with Crippen LogP contribution in [-0.4, -0.2) is 25.2 Å². The van der Waals surface area contributed by atoms with Gasteiger partial charge in [-0.25, -0.2) is 4.79 Å². The molecule has 0 aliphatic heterocycles. The van der Waals surface area contributed by atoms with Crippen molar-refractivity contribution < 1.29 is 9.90 Å². The Bertz CT molecular complexity index is 601. The molecule has 3 nitrogen and oxygen atoms in total. The minimum absolute atomic E-state index is 0.336. The first kappa shape index (κ1) is 13.1. The highest BCUT2D eigenvalue weighted by molar-refractivity contribution is 5.96. The van der Waals surface area contributed by atoms with E-state index in [-0.39, 0.29) is 0 Å². The van der Waals surface area contributed by atoms with E-state index < -0.39 is 5.97 Å². The molecule has 0 fully saturated rings. The van der Waals surface area contributed by atoms with E-state index in [2.05, 4.69) is 0 Å². The molecule has 0 aliphatic carbocycles. The highest BCUT2D eigenvalue weighted by Crippen LogP contribution is 2.27. The molecule has 3 heteroatoms. The molecule has 0 spiro atoms. The first-order valence-electron chi connectivity index (χ1n) is 6.11. The smallest absolute Gasteiger partial charge is 0.336 e. The zero-order valence-electron chi connectivity index (χ0n) is 11.3. The number of carboxylic acids is 1. The largest absolute Gasteiger partial charge is 0.478 e. The topological polar surface area (TPSA) is 40.5 Å². The van der Waals surface area contributed by atoms with Gasteiger partial charge in [0.05, 0.1) is 5.56 Å². The van der Waals surface area contributed by atoms with Crippen molar-refractivity contribution in [3.63, 3.8) is 0 Å². The number of anilines is 1. The Hall–Kier alpha value is -2.29. The molecule has 0 saturated heterocycles. The van der Waals surface area contributed by atoms with Gasteiger partial charge < -0.3 is 10.0 Å². The Balaban J connectivity index is 2.51.